The van der Waals surface area contributed by atoms with Crippen LogP contribution in [0.1, 0.15) is 34.6 Å². The van der Waals surface area contributed by atoms with E-state index in [1.807, 2.05) is 24.5 Å². The third-order valence-corrected chi connectivity index (χ3v) is 4.76. The largest absolute Gasteiger partial charge is 0.352 e. The second-order valence-electron chi connectivity index (χ2n) is 6.50. The molecular formula is C19H25ClFN3O. The summed E-state index contributed by atoms with van der Waals surface area (Å²) in [6.07, 6.45) is 2.20. The van der Waals surface area contributed by atoms with E-state index < -0.39 is 0 Å². The standard InChI is InChI=1S/C19H24FN3O.ClH/c1-13-11-18(19(24)22-10-8-15-7-9-21-12-15)14(2)23(13)17-5-3-16(20)4-6-17;/h3-6,11,15,21H,7-10,12H2,1-2H3,(H,22,24);1H. The number of nitrogens with one attached hydrogen (secondary N) is 2. The molecule has 1 aromatic carbocycles. The van der Waals surface area contributed by atoms with E-state index in [0.29, 0.717) is 18.0 Å². The lowest BCUT2D eigenvalue weighted by molar-refractivity contribution is 0.0951. The lowest BCUT2D eigenvalue weighted by Gasteiger charge is -2.11. The Morgan fingerprint density at radius 1 is 1.32 bits per heavy atom. The Morgan fingerprint density at radius 3 is 2.68 bits per heavy atom. The number of halogens is 2. The normalized spacial score (nSPS) is 16.5. The van der Waals surface area contributed by atoms with Crippen LogP contribution in [-0.4, -0.2) is 30.1 Å². The van der Waals surface area contributed by atoms with E-state index in [4.69, 9.17) is 0 Å². The summed E-state index contributed by atoms with van der Waals surface area (Å²) < 4.78 is 15.1. The van der Waals surface area contributed by atoms with Crippen molar-refractivity contribution in [1.82, 2.24) is 15.2 Å². The van der Waals surface area contributed by atoms with E-state index in [2.05, 4.69) is 10.6 Å². The first kappa shape index (κ1) is 19.5. The molecule has 1 atom stereocenters. The SMILES string of the molecule is Cc1cc(C(=O)NCCC2CCNC2)c(C)n1-c1ccc(F)cc1.Cl. The molecule has 1 aliphatic heterocycles. The minimum absolute atomic E-state index is 0. The van der Waals surface area contributed by atoms with Gasteiger partial charge in [-0.1, -0.05) is 0 Å². The Bertz CT molecular complexity index is 721. The van der Waals surface area contributed by atoms with Gasteiger partial charge in [0.15, 0.2) is 0 Å². The van der Waals surface area contributed by atoms with Gasteiger partial charge in [-0.2, -0.15) is 0 Å². The molecule has 6 heteroatoms. The second-order valence-corrected chi connectivity index (χ2v) is 6.50. The van der Waals surface area contributed by atoms with E-state index in [-0.39, 0.29) is 24.1 Å². The van der Waals surface area contributed by atoms with Crippen LogP contribution in [0.2, 0.25) is 0 Å². The fourth-order valence-electron chi connectivity index (χ4n) is 3.43. The maximum atomic E-state index is 13.1. The summed E-state index contributed by atoms with van der Waals surface area (Å²) in [6, 6.07) is 8.21. The maximum Gasteiger partial charge on any atom is 0.253 e. The third-order valence-electron chi connectivity index (χ3n) is 4.76. The summed E-state index contributed by atoms with van der Waals surface area (Å²) in [5, 5.41) is 6.37. The first-order valence-corrected chi connectivity index (χ1v) is 8.50. The predicted molar refractivity (Wildman–Crippen MR) is 100 cm³/mol. The van der Waals surface area contributed by atoms with E-state index in [1.165, 1.54) is 18.6 Å². The van der Waals surface area contributed by atoms with Crippen LogP contribution in [0, 0.1) is 25.6 Å². The van der Waals surface area contributed by atoms with Crippen LogP contribution >= 0.6 is 12.4 Å². The van der Waals surface area contributed by atoms with E-state index >= 15 is 0 Å². The van der Waals surface area contributed by atoms with E-state index in [1.54, 1.807) is 12.1 Å². The fraction of sp³-hybridized carbons (Fsp3) is 0.421. The van der Waals surface area contributed by atoms with Crippen molar-refractivity contribution in [3.63, 3.8) is 0 Å². The van der Waals surface area contributed by atoms with Crippen molar-refractivity contribution in [1.29, 1.82) is 0 Å². The summed E-state index contributed by atoms with van der Waals surface area (Å²) in [5.41, 5.74) is 3.38. The highest BCUT2D eigenvalue weighted by atomic mass is 35.5. The molecule has 1 fully saturated rings. The van der Waals surface area contributed by atoms with Crippen LogP contribution in [0.3, 0.4) is 0 Å². The van der Waals surface area contributed by atoms with Crippen LogP contribution < -0.4 is 10.6 Å². The quantitative estimate of drug-likeness (QED) is 0.853. The average Bonchev–Trinajstić information content (AvgIpc) is 3.17. The second kappa shape index (κ2) is 8.50. The van der Waals surface area contributed by atoms with E-state index in [9.17, 15) is 9.18 Å². The van der Waals surface area contributed by atoms with Crippen molar-refractivity contribution in [2.75, 3.05) is 19.6 Å². The first-order chi connectivity index (χ1) is 11.6. The molecule has 2 N–H and O–H groups in total. The highest BCUT2D eigenvalue weighted by Crippen LogP contribution is 2.21. The molecular weight excluding hydrogens is 341 g/mol. The summed E-state index contributed by atoms with van der Waals surface area (Å²) in [5.74, 6) is 0.361. The molecule has 2 heterocycles. The summed E-state index contributed by atoms with van der Waals surface area (Å²) in [7, 11) is 0. The number of hydrogen-bond donors (Lipinski definition) is 2. The molecule has 0 aliphatic carbocycles. The molecule has 1 unspecified atom stereocenters. The number of aromatic nitrogens is 1. The van der Waals surface area contributed by atoms with Crippen molar-refractivity contribution in [3.8, 4) is 5.69 Å². The molecule has 0 saturated carbocycles. The number of hydrogen-bond acceptors (Lipinski definition) is 2. The van der Waals surface area contributed by atoms with Crippen molar-refractivity contribution < 1.29 is 9.18 Å². The monoisotopic (exact) mass is 365 g/mol. The first-order valence-electron chi connectivity index (χ1n) is 8.50. The number of carbonyl (C=O) groups excluding carboxylic acids is 1. The smallest absolute Gasteiger partial charge is 0.253 e. The highest BCUT2D eigenvalue weighted by molar-refractivity contribution is 5.95. The van der Waals surface area contributed by atoms with Crippen molar-refractivity contribution in [2.45, 2.75) is 26.7 Å². The molecule has 25 heavy (non-hydrogen) atoms. The molecule has 1 saturated heterocycles. The summed E-state index contributed by atoms with van der Waals surface area (Å²) in [6.45, 7) is 6.71. The lowest BCUT2D eigenvalue weighted by atomic mass is 10.1. The number of amides is 1. The molecule has 1 aromatic heterocycles. The zero-order valence-electron chi connectivity index (χ0n) is 14.6. The minimum Gasteiger partial charge on any atom is -0.352 e. The van der Waals surface area contributed by atoms with Gasteiger partial charge in [0, 0.05) is 23.6 Å². The molecule has 0 spiro atoms. The van der Waals surface area contributed by atoms with Crippen LogP contribution in [0.25, 0.3) is 5.69 Å². The van der Waals surface area contributed by atoms with Crippen LogP contribution in [0.5, 0.6) is 0 Å². The molecule has 0 radical (unpaired) electrons. The number of aryl methyl sites for hydroxylation is 1. The Morgan fingerprint density at radius 2 is 2.04 bits per heavy atom. The van der Waals surface area contributed by atoms with Gasteiger partial charge in [-0.05, 0) is 76.0 Å². The molecule has 3 rings (SSSR count). The van der Waals surface area contributed by atoms with Gasteiger partial charge in [-0.25, -0.2) is 4.39 Å². The van der Waals surface area contributed by atoms with Crippen LogP contribution in [-0.2, 0) is 0 Å². The molecule has 1 aliphatic rings. The van der Waals surface area contributed by atoms with Gasteiger partial charge in [-0.3, -0.25) is 4.79 Å². The van der Waals surface area contributed by atoms with Gasteiger partial charge in [0.25, 0.3) is 5.91 Å². The van der Waals surface area contributed by atoms with Gasteiger partial charge in [0.1, 0.15) is 5.82 Å². The molecule has 4 nitrogen and oxygen atoms in total. The number of rotatable bonds is 5. The zero-order chi connectivity index (χ0) is 17.1. The fourth-order valence-corrected chi connectivity index (χ4v) is 3.43. The van der Waals surface area contributed by atoms with E-state index in [0.717, 1.165) is 36.6 Å². The zero-order valence-corrected chi connectivity index (χ0v) is 15.5. The van der Waals surface area contributed by atoms with Crippen LogP contribution in [0.15, 0.2) is 30.3 Å². The predicted octanol–water partition coefficient (Wildman–Crippen LogP) is 3.38. The maximum absolute atomic E-state index is 13.1. The van der Waals surface area contributed by atoms with Crippen molar-refractivity contribution >= 4 is 18.3 Å². The van der Waals surface area contributed by atoms with Crippen molar-refractivity contribution in [2.24, 2.45) is 5.92 Å². The molecule has 1 amide bonds. The van der Waals surface area contributed by atoms with Crippen LogP contribution in [0.4, 0.5) is 4.39 Å². The number of nitrogens with zero attached hydrogens (tertiary/aromatic N) is 1. The highest BCUT2D eigenvalue weighted by Gasteiger charge is 2.18. The van der Waals surface area contributed by atoms with Gasteiger partial charge in [-0.15, -0.1) is 12.4 Å². The number of carbonyl (C=O) groups is 1. The van der Waals surface area contributed by atoms with Gasteiger partial charge >= 0.3 is 0 Å². The molecule has 0 bridgehead atoms. The van der Waals surface area contributed by atoms with Crippen molar-refractivity contribution in [3.05, 3.63) is 53.1 Å². The summed E-state index contributed by atoms with van der Waals surface area (Å²) in [4.78, 5) is 12.5. The van der Waals surface area contributed by atoms with Gasteiger partial charge in [0.2, 0.25) is 0 Å². The topological polar surface area (TPSA) is 46.1 Å². The average molecular weight is 366 g/mol. The van der Waals surface area contributed by atoms with Gasteiger partial charge < -0.3 is 15.2 Å². The minimum atomic E-state index is -0.263. The Balaban J connectivity index is 0.00000225. The Kier molecular flexibility index (Phi) is 6.62. The lowest BCUT2D eigenvalue weighted by Crippen LogP contribution is -2.26. The van der Waals surface area contributed by atoms with Gasteiger partial charge in [0.05, 0.1) is 5.56 Å². The molecule has 136 valence electrons. The Labute approximate surface area is 154 Å². The molecule has 2 aromatic rings. The number of benzene rings is 1. The summed E-state index contributed by atoms with van der Waals surface area (Å²) >= 11 is 0. The third kappa shape index (κ3) is 4.41. The Hall–Kier alpha value is -1.85.